The van der Waals surface area contributed by atoms with Crippen molar-refractivity contribution in [3.63, 3.8) is 0 Å². The highest BCUT2D eigenvalue weighted by molar-refractivity contribution is 7.89. The second kappa shape index (κ2) is 9.51. The maximum absolute atomic E-state index is 13.1. The molecule has 11 heteroatoms. The highest BCUT2D eigenvalue weighted by Gasteiger charge is 2.38. The summed E-state index contributed by atoms with van der Waals surface area (Å²) in [4.78, 5) is 13.3. The second-order valence-electron chi connectivity index (χ2n) is 7.96. The number of carbonyl (C=O) groups is 1. The first kappa shape index (κ1) is 23.8. The van der Waals surface area contributed by atoms with Crippen molar-refractivity contribution in [1.82, 2.24) is 8.61 Å². The Bertz CT molecular complexity index is 1220. The smallest absolute Gasteiger partial charge is 0.243 e. The van der Waals surface area contributed by atoms with Crippen LogP contribution < -0.4 is 5.32 Å². The van der Waals surface area contributed by atoms with Gasteiger partial charge in [0.25, 0.3) is 0 Å². The van der Waals surface area contributed by atoms with Gasteiger partial charge in [0.1, 0.15) is 6.04 Å². The number of benzene rings is 2. The largest absolute Gasteiger partial charge is 0.379 e. The molecule has 2 aliphatic rings. The minimum atomic E-state index is -3.64. The van der Waals surface area contributed by atoms with Crippen molar-refractivity contribution < 1.29 is 26.4 Å². The maximum Gasteiger partial charge on any atom is 0.243 e. The summed E-state index contributed by atoms with van der Waals surface area (Å²) in [5.74, 6) is -0.558. The van der Waals surface area contributed by atoms with Gasteiger partial charge in [-0.25, -0.2) is 16.8 Å². The lowest BCUT2D eigenvalue weighted by Crippen LogP contribution is -2.51. The first-order chi connectivity index (χ1) is 15.7. The fourth-order valence-corrected chi connectivity index (χ4v) is 6.69. The average molecular weight is 494 g/mol. The molecular formula is C22H27N3O6S2. The number of nitrogens with one attached hydrogen (secondary N) is 1. The second-order valence-corrected chi connectivity index (χ2v) is 12.1. The summed E-state index contributed by atoms with van der Waals surface area (Å²) in [7, 11) is -7.25. The number of hydrogen-bond acceptors (Lipinski definition) is 6. The van der Waals surface area contributed by atoms with Crippen LogP contribution in [0.2, 0.25) is 0 Å². The molecule has 1 atom stereocenters. The SMILES string of the molecule is CCS(=O)(=O)N1Cc2ccccc2CC1C(=O)Nc1ccc(S(=O)(=O)N2CCOCC2)cc1. The molecule has 0 bridgehead atoms. The third-order valence-corrected chi connectivity index (χ3v) is 9.70. The Morgan fingerprint density at radius 1 is 1.00 bits per heavy atom. The van der Waals surface area contributed by atoms with Crippen molar-refractivity contribution in [2.45, 2.75) is 30.8 Å². The van der Waals surface area contributed by atoms with Crippen molar-refractivity contribution in [3.8, 4) is 0 Å². The first-order valence-electron chi connectivity index (χ1n) is 10.8. The van der Waals surface area contributed by atoms with E-state index < -0.39 is 32.0 Å². The molecule has 1 fully saturated rings. The van der Waals surface area contributed by atoms with Gasteiger partial charge in [-0.1, -0.05) is 24.3 Å². The number of sulfonamides is 2. The Kier molecular flexibility index (Phi) is 6.87. The number of nitrogens with zero attached hydrogens (tertiary/aromatic N) is 2. The van der Waals surface area contributed by atoms with Crippen LogP contribution in [-0.4, -0.2) is 69.5 Å². The molecule has 0 aliphatic carbocycles. The van der Waals surface area contributed by atoms with Crippen molar-refractivity contribution in [3.05, 3.63) is 59.7 Å². The van der Waals surface area contributed by atoms with E-state index in [1.807, 2.05) is 24.3 Å². The zero-order chi connectivity index (χ0) is 23.6. The van der Waals surface area contributed by atoms with E-state index in [1.54, 1.807) is 6.92 Å². The molecule has 2 aromatic rings. The maximum atomic E-state index is 13.1. The molecule has 1 N–H and O–H groups in total. The van der Waals surface area contributed by atoms with Crippen LogP contribution in [0.15, 0.2) is 53.4 Å². The zero-order valence-corrected chi connectivity index (χ0v) is 19.9. The molecule has 0 spiro atoms. The van der Waals surface area contributed by atoms with Gasteiger partial charge in [0.15, 0.2) is 0 Å². The van der Waals surface area contributed by atoms with Gasteiger partial charge >= 0.3 is 0 Å². The van der Waals surface area contributed by atoms with E-state index >= 15 is 0 Å². The number of hydrogen-bond donors (Lipinski definition) is 1. The third kappa shape index (κ3) is 4.97. The summed E-state index contributed by atoms with van der Waals surface area (Å²) in [6.45, 7) is 3.00. The van der Waals surface area contributed by atoms with E-state index in [0.717, 1.165) is 11.1 Å². The van der Waals surface area contributed by atoms with Crippen LogP contribution in [0.1, 0.15) is 18.1 Å². The van der Waals surface area contributed by atoms with Crippen LogP contribution in [0.5, 0.6) is 0 Å². The van der Waals surface area contributed by atoms with E-state index in [1.165, 1.54) is 32.9 Å². The predicted molar refractivity (Wildman–Crippen MR) is 124 cm³/mol. The summed E-state index contributed by atoms with van der Waals surface area (Å²) >= 11 is 0. The van der Waals surface area contributed by atoms with Crippen LogP contribution in [-0.2, 0) is 42.5 Å². The summed E-state index contributed by atoms with van der Waals surface area (Å²) in [5.41, 5.74) is 2.22. The van der Waals surface area contributed by atoms with E-state index in [2.05, 4.69) is 5.32 Å². The summed E-state index contributed by atoms with van der Waals surface area (Å²) in [6, 6.07) is 12.5. The van der Waals surface area contributed by atoms with E-state index in [-0.39, 0.29) is 23.6 Å². The molecule has 2 aliphatic heterocycles. The van der Waals surface area contributed by atoms with Crippen LogP contribution in [0.4, 0.5) is 5.69 Å². The van der Waals surface area contributed by atoms with Crippen molar-refractivity contribution in [2.24, 2.45) is 0 Å². The Morgan fingerprint density at radius 3 is 2.27 bits per heavy atom. The summed E-state index contributed by atoms with van der Waals surface area (Å²) in [6.07, 6.45) is 0.269. The van der Waals surface area contributed by atoms with Crippen LogP contribution >= 0.6 is 0 Å². The molecule has 1 unspecified atom stereocenters. The molecule has 4 rings (SSSR count). The van der Waals surface area contributed by atoms with Crippen LogP contribution in [0.3, 0.4) is 0 Å². The topological polar surface area (TPSA) is 113 Å². The lowest BCUT2D eigenvalue weighted by atomic mass is 9.95. The summed E-state index contributed by atoms with van der Waals surface area (Å²) < 4.78 is 58.8. The number of anilines is 1. The molecule has 2 aromatic carbocycles. The third-order valence-electron chi connectivity index (χ3n) is 5.96. The molecule has 178 valence electrons. The Hall–Kier alpha value is -2.31. The van der Waals surface area contributed by atoms with Crippen molar-refractivity contribution >= 4 is 31.6 Å². The highest BCUT2D eigenvalue weighted by atomic mass is 32.2. The van der Waals surface area contributed by atoms with Crippen LogP contribution in [0.25, 0.3) is 0 Å². The zero-order valence-electron chi connectivity index (χ0n) is 18.3. The van der Waals surface area contributed by atoms with E-state index in [0.29, 0.717) is 32.0 Å². The van der Waals surface area contributed by atoms with Gasteiger partial charge in [-0.05, 0) is 48.7 Å². The molecule has 9 nitrogen and oxygen atoms in total. The lowest BCUT2D eigenvalue weighted by molar-refractivity contribution is -0.120. The molecule has 0 aromatic heterocycles. The minimum absolute atomic E-state index is 0.104. The summed E-state index contributed by atoms with van der Waals surface area (Å²) in [5, 5.41) is 2.75. The highest BCUT2D eigenvalue weighted by Crippen LogP contribution is 2.27. The number of morpholine rings is 1. The first-order valence-corrected chi connectivity index (χ1v) is 13.8. The van der Waals surface area contributed by atoms with E-state index in [9.17, 15) is 21.6 Å². The number of rotatable bonds is 6. The molecule has 2 heterocycles. The number of amides is 1. The van der Waals surface area contributed by atoms with Gasteiger partial charge in [0.05, 0.1) is 23.9 Å². The lowest BCUT2D eigenvalue weighted by Gasteiger charge is -2.34. The molecule has 1 amide bonds. The van der Waals surface area contributed by atoms with Crippen molar-refractivity contribution in [2.75, 3.05) is 37.4 Å². The van der Waals surface area contributed by atoms with Gasteiger partial charge in [0, 0.05) is 25.3 Å². The van der Waals surface area contributed by atoms with Gasteiger partial charge in [-0.2, -0.15) is 8.61 Å². The van der Waals surface area contributed by atoms with E-state index in [4.69, 9.17) is 4.74 Å². The van der Waals surface area contributed by atoms with Gasteiger partial charge in [-0.15, -0.1) is 0 Å². The quantitative estimate of drug-likeness (QED) is 0.651. The molecule has 1 saturated heterocycles. The predicted octanol–water partition coefficient (Wildman–Crippen LogP) is 1.42. The Labute approximate surface area is 194 Å². The van der Waals surface area contributed by atoms with Gasteiger partial charge < -0.3 is 10.1 Å². The number of ether oxygens (including phenoxy) is 1. The molecule has 33 heavy (non-hydrogen) atoms. The average Bonchev–Trinajstić information content (AvgIpc) is 2.84. The standard InChI is InChI=1S/C22H27N3O6S2/c1-2-32(27,28)25-16-18-6-4-3-5-17(18)15-21(25)22(26)23-19-7-9-20(10-8-19)33(29,30)24-11-13-31-14-12-24/h3-10,21H,2,11-16H2,1H3,(H,23,26). The van der Waals surface area contributed by atoms with Gasteiger partial charge in [0.2, 0.25) is 26.0 Å². The Morgan fingerprint density at radius 2 is 1.64 bits per heavy atom. The Balaban J connectivity index is 1.53. The fourth-order valence-electron chi connectivity index (χ4n) is 4.05. The minimum Gasteiger partial charge on any atom is -0.379 e. The monoisotopic (exact) mass is 493 g/mol. The van der Waals surface area contributed by atoms with Crippen molar-refractivity contribution in [1.29, 1.82) is 0 Å². The van der Waals surface area contributed by atoms with Gasteiger partial charge in [-0.3, -0.25) is 4.79 Å². The molecule has 0 saturated carbocycles. The molecular weight excluding hydrogens is 466 g/mol. The fraction of sp³-hybridized carbons (Fsp3) is 0.409. The number of carbonyl (C=O) groups excluding carboxylic acids is 1. The molecule has 0 radical (unpaired) electrons. The number of fused-ring (bicyclic) bond motifs is 1. The van der Waals surface area contributed by atoms with Crippen LogP contribution in [0, 0.1) is 0 Å². The normalized spacial score (nSPS) is 20.2.